The molecule has 1 unspecified atom stereocenters. The fraction of sp³-hybridized carbons (Fsp3) is 0.500. The number of hydrogen-bond donors (Lipinski definition) is 1. The summed E-state index contributed by atoms with van der Waals surface area (Å²) in [6.45, 7) is 0. The van der Waals surface area contributed by atoms with Gasteiger partial charge in [0, 0.05) is 6.42 Å². The van der Waals surface area contributed by atoms with Crippen LogP contribution in [0.5, 0.6) is 0 Å². The Kier molecular flexibility index (Phi) is 2.25. The summed E-state index contributed by atoms with van der Waals surface area (Å²) < 4.78 is 42.1. The number of alkyl halides is 3. The lowest BCUT2D eigenvalue weighted by atomic mass is 9.94. The largest absolute Gasteiger partial charge is 0.443 e. The van der Waals surface area contributed by atoms with Crippen molar-refractivity contribution in [3.8, 4) is 0 Å². The zero-order valence-corrected chi connectivity index (χ0v) is 8.12. The van der Waals surface area contributed by atoms with Gasteiger partial charge in [0.2, 0.25) is 0 Å². The molecule has 3 nitrogen and oxygen atoms in total. The number of ether oxygens (including phenoxy) is 1. The van der Waals surface area contributed by atoms with E-state index in [2.05, 4.69) is 0 Å². The van der Waals surface area contributed by atoms with Crippen molar-refractivity contribution in [1.29, 1.82) is 0 Å². The summed E-state index contributed by atoms with van der Waals surface area (Å²) in [6, 6.07) is 0. The first-order valence-corrected chi connectivity index (χ1v) is 4.68. The van der Waals surface area contributed by atoms with Crippen LogP contribution in [-0.4, -0.2) is 28.5 Å². The summed E-state index contributed by atoms with van der Waals surface area (Å²) in [5.41, 5.74) is -1.31. The van der Waals surface area contributed by atoms with Crippen LogP contribution in [0.25, 0.3) is 0 Å². The summed E-state index contributed by atoms with van der Waals surface area (Å²) >= 11 is 0. The maximum atomic E-state index is 12.5. The molecule has 88 valence electrons. The molecular weight excluding hydrogens is 225 g/mol. The molecule has 1 N–H and O–H groups in total. The Morgan fingerprint density at radius 1 is 1.25 bits per heavy atom. The second-order valence-corrected chi connectivity index (χ2v) is 3.91. The van der Waals surface area contributed by atoms with E-state index in [1.165, 1.54) is 12.2 Å². The van der Waals surface area contributed by atoms with Gasteiger partial charge in [0.1, 0.15) is 5.60 Å². The third-order valence-corrected chi connectivity index (χ3v) is 2.72. The van der Waals surface area contributed by atoms with Crippen LogP contribution in [0.4, 0.5) is 13.2 Å². The highest BCUT2D eigenvalue weighted by Gasteiger charge is 2.62. The van der Waals surface area contributed by atoms with Gasteiger partial charge < -0.3 is 9.84 Å². The molecule has 2 rings (SSSR count). The summed E-state index contributed by atoms with van der Waals surface area (Å²) in [6.07, 6.45) is -0.607. The van der Waals surface area contributed by atoms with E-state index in [1.807, 2.05) is 0 Å². The topological polar surface area (TPSA) is 46.5 Å². The molecule has 1 atom stereocenters. The van der Waals surface area contributed by atoms with E-state index in [4.69, 9.17) is 4.74 Å². The summed E-state index contributed by atoms with van der Waals surface area (Å²) in [7, 11) is 0. The van der Waals surface area contributed by atoms with Gasteiger partial charge >= 0.3 is 6.18 Å². The molecule has 0 aromatic rings. The van der Waals surface area contributed by atoms with Crippen molar-refractivity contribution in [3.63, 3.8) is 0 Å². The van der Waals surface area contributed by atoms with Crippen molar-refractivity contribution < 1.29 is 27.8 Å². The minimum atomic E-state index is -4.83. The van der Waals surface area contributed by atoms with Crippen LogP contribution < -0.4 is 0 Å². The molecule has 0 amide bonds. The molecule has 1 aliphatic carbocycles. The first-order chi connectivity index (χ1) is 7.27. The molecule has 1 aliphatic heterocycles. The van der Waals surface area contributed by atoms with Crippen LogP contribution in [0.1, 0.15) is 12.8 Å². The van der Waals surface area contributed by atoms with Gasteiger partial charge in [-0.15, -0.1) is 0 Å². The molecule has 1 heterocycles. The smallest absolute Gasteiger partial charge is 0.358 e. The van der Waals surface area contributed by atoms with Crippen LogP contribution in [0.3, 0.4) is 0 Å². The van der Waals surface area contributed by atoms with E-state index >= 15 is 0 Å². The Morgan fingerprint density at radius 2 is 1.81 bits per heavy atom. The summed E-state index contributed by atoms with van der Waals surface area (Å²) in [5.74, 6) is -3.43. The number of allylic oxidation sites excluding steroid dienone is 2. The third-order valence-electron chi connectivity index (χ3n) is 2.72. The van der Waals surface area contributed by atoms with Gasteiger partial charge in [0.25, 0.3) is 5.79 Å². The Labute approximate surface area is 89.2 Å². The molecule has 16 heavy (non-hydrogen) atoms. The van der Waals surface area contributed by atoms with Crippen LogP contribution in [0.2, 0.25) is 0 Å². The zero-order valence-electron chi connectivity index (χ0n) is 8.12. The summed E-state index contributed by atoms with van der Waals surface area (Å²) in [4.78, 5) is 10.8. The van der Waals surface area contributed by atoms with Gasteiger partial charge in [-0.25, -0.2) is 0 Å². The van der Waals surface area contributed by atoms with Crippen molar-refractivity contribution in [2.75, 3.05) is 0 Å². The first-order valence-electron chi connectivity index (χ1n) is 4.68. The first kappa shape index (κ1) is 11.3. The van der Waals surface area contributed by atoms with E-state index in [0.717, 1.165) is 12.2 Å². The average molecular weight is 234 g/mol. The lowest BCUT2D eigenvalue weighted by Crippen LogP contribution is -2.46. The lowest BCUT2D eigenvalue weighted by Gasteiger charge is -2.29. The van der Waals surface area contributed by atoms with E-state index in [-0.39, 0.29) is 12.2 Å². The van der Waals surface area contributed by atoms with Gasteiger partial charge in [0.15, 0.2) is 5.78 Å². The van der Waals surface area contributed by atoms with E-state index in [9.17, 15) is 23.1 Å². The van der Waals surface area contributed by atoms with Crippen LogP contribution in [0.15, 0.2) is 24.3 Å². The third kappa shape index (κ3) is 1.68. The van der Waals surface area contributed by atoms with Gasteiger partial charge in [-0.05, 0) is 30.7 Å². The number of hydrogen-bond acceptors (Lipinski definition) is 3. The van der Waals surface area contributed by atoms with Gasteiger partial charge in [-0.3, -0.25) is 4.79 Å². The predicted octanol–water partition coefficient (Wildman–Crippen LogP) is 1.48. The molecule has 6 heteroatoms. The van der Waals surface area contributed by atoms with Gasteiger partial charge in [-0.2, -0.15) is 13.2 Å². The molecule has 0 bridgehead atoms. The summed E-state index contributed by atoms with van der Waals surface area (Å²) in [5, 5.41) is 9.31. The molecule has 1 fully saturated rings. The van der Waals surface area contributed by atoms with Crippen LogP contribution in [-0.2, 0) is 9.53 Å². The highest BCUT2D eigenvalue weighted by Crippen LogP contribution is 2.47. The number of carbonyl (C=O) groups excluding carboxylic acids is 1. The minimum Gasteiger partial charge on any atom is -0.358 e. The van der Waals surface area contributed by atoms with Gasteiger partial charge in [0.05, 0.1) is 0 Å². The number of rotatable bonds is 0. The molecule has 0 aromatic heterocycles. The normalized spacial score (nSPS) is 32.6. The highest BCUT2D eigenvalue weighted by molar-refractivity contribution is 6.00. The minimum absolute atomic E-state index is 0.0106. The number of halogens is 3. The molecule has 0 saturated carbocycles. The Bertz CT molecular complexity index is 367. The molecule has 2 aliphatic rings. The molecule has 0 aromatic carbocycles. The second kappa shape index (κ2) is 3.18. The maximum absolute atomic E-state index is 12.5. The standard InChI is InChI=1S/C10H9F3O3/c11-10(12,13)9(15)6-5-8(16-9)3-1-7(14)2-4-8/h1-4,15H,5-6H2. The van der Waals surface area contributed by atoms with Crippen LogP contribution in [0, 0.1) is 0 Å². The van der Waals surface area contributed by atoms with E-state index in [1.54, 1.807) is 0 Å². The number of ketones is 1. The quantitative estimate of drug-likeness (QED) is 0.690. The molecular formula is C10H9F3O3. The molecule has 0 radical (unpaired) electrons. The van der Waals surface area contributed by atoms with Crippen molar-refractivity contribution in [2.24, 2.45) is 0 Å². The SMILES string of the molecule is O=C1C=CC2(C=C1)CCC(O)(C(F)(F)F)O2. The van der Waals surface area contributed by atoms with Crippen LogP contribution >= 0.6 is 0 Å². The van der Waals surface area contributed by atoms with E-state index < -0.39 is 24.0 Å². The monoisotopic (exact) mass is 234 g/mol. The Morgan fingerprint density at radius 3 is 2.25 bits per heavy atom. The van der Waals surface area contributed by atoms with Crippen molar-refractivity contribution >= 4 is 5.78 Å². The van der Waals surface area contributed by atoms with Gasteiger partial charge in [-0.1, -0.05) is 0 Å². The number of carbonyl (C=O) groups is 1. The van der Waals surface area contributed by atoms with Crippen molar-refractivity contribution in [1.82, 2.24) is 0 Å². The molecule has 1 saturated heterocycles. The predicted molar refractivity (Wildman–Crippen MR) is 47.3 cm³/mol. The highest BCUT2D eigenvalue weighted by atomic mass is 19.4. The maximum Gasteiger partial charge on any atom is 0.443 e. The number of aliphatic hydroxyl groups is 1. The fourth-order valence-electron chi connectivity index (χ4n) is 1.77. The zero-order chi connectivity index (χ0) is 12.0. The Hall–Kier alpha value is -1.14. The Balaban J connectivity index is 2.23. The molecule has 1 spiro atoms. The van der Waals surface area contributed by atoms with E-state index in [0.29, 0.717) is 0 Å². The lowest BCUT2D eigenvalue weighted by molar-refractivity contribution is -0.360. The second-order valence-electron chi connectivity index (χ2n) is 3.91. The fourth-order valence-corrected chi connectivity index (χ4v) is 1.77. The van der Waals surface area contributed by atoms with Crippen molar-refractivity contribution in [2.45, 2.75) is 30.4 Å². The average Bonchev–Trinajstić information content (AvgIpc) is 2.51. The van der Waals surface area contributed by atoms with Crippen molar-refractivity contribution in [3.05, 3.63) is 24.3 Å².